The van der Waals surface area contributed by atoms with Crippen LogP contribution in [0.5, 0.6) is 0 Å². The molecule has 0 aliphatic carbocycles. The van der Waals surface area contributed by atoms with Crippen LogP contribution < -0.4 is 4.90 Å². The number of fused-ring (bicyclic) bond motifs is 7. The van der Waals surface area contributed by atoms with Crippen LogP contribution in [0, 0.1) is 6.92 Å². The highest BCUT2D eigenvalue weighted by molar-refractivity contribution is 6.10. The van der Waals surface area contributed by atoms with Gasteiger partial charge in [0.05, 0.1) is 0 Å². The highest BCUT2D eigenvalue weighted by atomic mass is 16.3. The van der Waals surface area contributed by atoms with Gasteiger partial charge in [-0.25, -0.2) is 0 Å². The average molecular weight is 637 g/mol. The van der Waals surface area contributed by atoms with Gasteiger partial charge in [0, 0.05) is 66.1 Å². The first-order valence-electron chi connectivity index (χ1n) is 16.8. The van der Waals surface area contributed by atoms with Gasteiger partial charge in [-0.2, -0.15) is 0 Å². The second kappa shape index (κ2) is 10.8. The Morgan fingerprint density at radius 3 is 1.88 bits per heavy atom. The number of hydrogen-bond donors (Lipinski definition) is 0. The normalized spacial score (nSPS) is 12.2. The third-order valence-electron chi connectivity index (χ3n) is 9.82. The predicted octanol–water partition coefficient (Wildman–Crippen LogP) is 13.3. The van der Waals surface area contributed by atoms with E-state index in [1.54, 1.807) is 6.08 Å². The van der Waals surface area contributed by atoms with E-state index in [0.717, 1.165) is 61.3 Å². The number of furan rings is 2. The number of aromatic nitrogens is 1. The zero-order chi connectivity index (χ0) is 33.4. The molecule has 4 heteroatoms. The molecular weight excluding hydrogens is 601 g/mol. The fourth-order valence-corrected chi connectivity index (χ4v) is 7.54. The van der Waals surface area contributed by atoms with E-state index in [4.69, 9.17) is 8.83 Å². The Bertz CT molecular complexity index is 2730. The summed E-state index contributed by atoms with van der Waals surface area (Å²) in [5.41, 5.74) is 11.7. The van der Waals surface area contributed by atoms with Crippen molar-refractivity contribution in [1.29, 1.82) is 0 Å². The van der Waals surface area contributed by atoms with Crippen molar-refractivity contribution in [2.75, 3.05) is 4.90 Å². The molecule has 0 atom stereocenters. The highest BCUT2D eigenvalue weighted by Crippen LogP contribution is 2.42. The van der Waals surface area contributed by atoms with Crippen LogP contribution in [0.1, 0.15) is 32.1 Å². The van der Waals surface area contributed by atoms with Crippen LogP contribution in [0.25, 0.3) is 71.9 Å². The maximum Gasteiger partial charge on any atom is 0.135 e. The van der Waals surface area contributed by atoms with Crippen molar-refractivity contribution in [1.82, 2.24) is 4.57 Å². The number of rotatable bonds is 5. The molecule has 0 bridgehead atoms. The van der Waals surface area contributed by atoms with Crippen LogP contribution in [-0.4, -0.2) is 4.57 Å². The van der Waals surface area contributed by atoms with Gasteiger partial charge in [0.1, 0.15) is 22.5 Å². The van der Waals surface area contributed by atoms with E-state index in [2.05, 4.69) is 159 Å². The zero-order valence-corrected chi connectivity index (χ0v) is 28.1. The van der Waals surface area contributed by atoms with Crippen LogP contribution >= 0.6 is 0 Å². The first kappa shape index (κ1) is 29.2. The first-order chi connectivity index (χ1) is 23.8. The Balaban J connectivity index is 1.19. The molecule has 6 aromatic carbocycles. The molecule has 4 nitrogen and oxygen atoms in total. The smallest absolute Gasteiger partial charge is 0.135 e. The third kappa shape index (κ3) is 4.59. The number of nitrogens with zero attached hydrogens (tertiary/aromatic N) is 2. The molecule has 3 heterocycles. The summed E-state index contributed by atoms with van der Waals surface area (Å²) in [5, 5.41) is 5.83. The van der Waals surface area contributed by atoms with Crippen molar-refractivity contribution in [3.63, 3.8) is 0 Å². The molecule has 0 radical (unpaired) electrons. The van der Waals surface area contributed by atoms with Gasteiger partial charge in [-0.05, 0) is 118 Å². The molecule has 0 spiro atoms. The topological polar surface area (TPSA) is 34.5 Å². The van der Waals surface area contributed by atoms with Crippen LogP contribution in [0.4, 0.5) is 17.1 Å². The summed E-state index contributed by atoms with van der Waals surface area (Å²) >= 11 is 0. The Labute approximate surface area is 285 Å². The minimum Gasteiger partial charge on any atom is -0.456 e. The minimum absolute atomic E-state index is 0.0367. The van der Waals surface area contributed by atoms with Crippen LogP contribution in [0.3, 0.4) is 0 Å². The Hall–Kier alpha value is -6.00. The molecule has 238 valence electrons. The largest absolute Gasteiger partial charge is 0.456 e. The van der Waals surface area contributed by atoms with Gasteiger partial charge in [0.2, 0.25) is 0 Å². The number of para-hydroxylation sites is 2. The Morgan fingerprint density at radius 1 is 0.551 bits per heavy atom. The number of anilines is 3. The Morgan fingerprint density at radius 2 is 1.14 bits per heavy atom. The van der Waals surface area contributed by atoms with Crippen LogP contribution in [0.2, 0.25) is 0 Å². The number of benzene rings is 6. The lowest BCUT2D eigenvalue weighted by molar-refractivity contribution is 0.423. The lowest BCUT2D eigenvalue weighted by Crippen LogP contribution is -2.21. The predicted molar refractivity (Wildman–Crippen MR) is 206 cm³/mol. The summed E-state index contributed by atoms with van der Waals surface area (Å²) < 4.78 is 14.7. The van der Waals surface area contributed by atoms with E-state index in [1.165, 1.54) is 32.9 Å². The quantitative estimate of drug-likeness (QED) is 0.188. The van der Waals surface area contributed by atoms with Gasteiger partial charge in [-0.3, -0.25) is 0 Å². The standard InChI is InChI=1S/C45H36N2O2/c1-6-41-28(2)36-26-32(20-23-43(36)48-41)46(33-21-24-44-38(27-33)35-12-8-10-14-42(35)49-44)31-18-15-29(16-19-31)30-17-22-40-37(25-30)34-11-7-9-13-39(34)47(40)45(3,4)5/h6-27H,1H2,2-5H3. The van der Waals surface area contributed by atoms with Crippen molar-refractivity contribution in [3.05, 3.63) is 145 Å². The van der Waals surface area contributed by atoms with E-state index >= 15 is 0 Å². The summed E-state index contributed by atoms with van der Waals surface area (Å²) in [6.07, 6.45) is 1.78. The molecule has 0 amide bonds. The molecular formula is C45H36N2O2. The second-order valence-electron chi connectivity index (χ2n) is 13.9. The minimum atomic E-state index is -0.0367. The van der Waals surface area contributed by atoms with Crippen molar-refractivity contribution < 1.29 is 8.83 Å². The van der Waals surface area contributed by atoms with Gasteiger partial charge >= 0.3 is 0 Å². The first-order valence-corrected chi connectivity index (χ1v) is 16.8. The fourth-order valence-electron chi connectivity index (χ4n) is 7.54. The van der Waals surface area contributed by atoms with Crippen molar-refractivity contribution in [2.45, 2.75) is 33.2 Å². The van der Waals surface area contributed by atoms with Crippen molar-refractivity contribution in [3.8, 4) is 11.1 Å². The zero-order valence-electron chi connectivity index (χ0n) is 28.1. The molecule has 0 saturated heterocycles. The lowest BCUT2D eigenvalue weighted by atomic mass is 10.0. The summed E-state index contributed by atoms with van der Waals surface area (Å²) in [7, 11) is 0. The van der Waals surface area contributed by atoms with Gasteiger partial charge in [0.25, 0.3) is 0 Å². The van der Waals surface area contributed by atoms with E-state index in [1.807, 2.05) is 12.1 Å². The van der Waals surface area contributed by atoms with Gasteiger partial charge in [0.15, 0.2) is 0 Å². The van der Waals surface area contributed by atoms with Gasteiger partial charge < -0.3 is 18.3 Å². The van der Waals surface area contributed by atoms with Crippen LogP contribution in [-0.2, 0) is 5.54 Å². The molecule has 0 fully saturated rings. The molecule has 9 aromatic rings. The fraction of sp³-hybridized carbons (Fsp3) is 0.111. The maximum atomic E-state index is 6.19. The molecule has 0 unspecified atom stereocenters. The van der Waals surface area contributed by atoms with E-state index in [9.17, 15) is 0 Å². The second-order valence-corrected chi connectivity index (χ2v) is 13.9. The van der Waals surface area contributed by atoms with Crippen LogP contribution in [0.15, 0.2) is 143 Å². The summed E-state index contributed by atoms with van der Waals surface area (Å²) in [6.45, 7) is 12.9. The molecule has 3 aromatic heterocycles. The lowest BCUT2D eigenvalue weighted by Gasteiger charge is -2.26. The van der Waals surface area contributed by atoms with E-state index < -0.39 is 0 Å². The molecule has 0 aliphatic heterocycles. The van der Waals surface area contributed by atoms with Gasteiger partial charge in [-0.15, -0.1) is 0 Å². The summed E-state index contributed by atoms with van der Waals surface area (Å²) in [4.78, 5) is 2.31. The molecule has 49 heavy (non-hydrogen) atoms. The summed E-state index contributed by atoms with van der Waals surface area (Å²) in [6, 6.07) is 45.6. The maximum absolute atomic E-state index is 6.19. The monoisotopic (exact) mass is 636 g/mol. The molecule has 0 N–H and O–H groups in total. The number of aryl methyl sites for hydroxylation is 1. The van der Waals surface area contributed by atoms with E-state index in [0.29, 0.717) is 0 Å². The van der Waals surface area contributed by atoms with Crippen molar-refractivity contribution in [2.24, 2.45) is 0 Å². The molecule has 0 saturated carbocycles. The SMILES string of the molecule is C=Cc1oc2ccc(N(c3ccc(-c4ccc5c(c4)c4ccccc4n5C(C)(C)C)cc3)c3ccc4oc5ccccc5c4c3)cc2c1C. The molecule has 0 aliphatic rings. The van der Waals surface area contributed by atoms with Gasteiger partial charge in [-0.1, -0.05) is 61.2 Å². The Kier molecular flexibility index (Phi) is 6.40. The summed E-state index contributed by atoms with van der Waals surface area (Å²) in [5.74, 6) is 0.803. The van der Waals surface area contributed by atoms with E-state index in [-0.39, 0.29) is 5.54 Å². The average Bonchev–Trinajstić information content (AvgIpc) is 3.77. The number of hydrogen-bond acceptors (Lipinski definition) is 3. The molecule has 9 rings (SSSR count). The van der Waals surface area contributed by atoms with Crippen molar-refractivity contribution >= 4 is 77.9 Å². The highest BCUT2D eigenvalue weighted by Gasteiger charge is 2.21. The third-order valence-corrected chi connectivity index (χ3v) is 9.82.